The third-order valence-corrected chi connectivity index (χ3v) is 5.29. The monoisotopic (exact) mass is 288 g/mol. The van der Waals surface area contributed by atoms with E-state index in [1.54, 1.807) is 0 Å². The molecule has 0 radical (unpaired) electrons. The molecule has 0 bridgehead atoms. The molecule has 20 heavy (non-hydrogen) atoms. The number of fused-ring (bicyclic) bond motifs is 1. The van der Waals surface area contributed by atoms with Gasteiger partial charge in [-0.25, -0.2) is 0 Å². The highest BCUT2D eigenvalue weighted by Gasteiger charge is 2.44. The maximum absolute atomic E-state index is 6.42. The zero-order chi connectivity index (χ0) is 14.3. The second-order valence-electron chi connectivity index (χ2n) is 6.35. The van der Waals surface area contributed by atoms with E-state index in [2.05, 4.69) is 36.8 Å². The highest BCUT2D eigenvalue weighted by molar-refractivity contribution is 6.32. The number of hydrogen-bond donors (Lipinski definition) is 0. The molecular weight excluding hydrogens is 268 g/mol. The fourth-order valence-electron chi connectivity index (χ4n) is 2.86. The number of aromatic nitrogens is 1. The number of halogens is 1. The Bertz CT molecular complexity index is 634. The fourth-order valence-corrected chi connectivity index (χ4v) is 3.08. The molecular formula is C17H21ClN2. The molecule has 1 heterocycles. The second kappa shape index (κ2) is 5.01. The van der Waals surface area contributed by atoms with Gasteiger partial charge in [0, 0.05) is 34.8 Å². The molecule has 3 heteroatoms. The van der Waals surface area contributed by atoms with Gasteiger partial charge >= 0.3 is 0 Å². The number of nitrogens with zero attached hydrogens (tertiary/aromatic N) is 2. The van der Waals surface area contributed by atoms with E-state index in [4.69, 9.17) is 11.6 Å². The molecule has 2 nitrogen and oxygen atoms in total. The molecule has 0 N–H and O–H groups in total. The third-order valence-electron chi connectivity index (χ3n) is 4.94. The molecule has 1 atom stereocenters. The van der Waals surface area contributed by atoms with Crippen molar-refractivity contribution in [2.24, 2.45) is 5.41 Å². The van der Waals surface area contributed by atoms with Gasteiger partial charge in [0.05, 0.1) is 5.52 Å². The van der Waals surface area contributed by atoms with Crippen molar-refractivity contribution in [2.75, 3.05) is 7.05 Å². The summed E-state index contributed by atoms with van der Waals surface area (Å²) in [6.07, 6.45) is 4.51. The molecule has 1 unspecified atom stereocenters. The van der Waals surface area contributed by atoms with E-state index in [0.29, 0.717) is 11.5 Å². The Morgan fingerprint density at radius 2 is 2.10 bits per heavy atom. The Morgan fingerprint density at radius 1 is 1.35 bits per heavy atom. The van der Waals surface area contributed by atoms with Gasteiger partial charge in [0.25, 0.3) is 0 Å². The minimum Gasteiger partial charge on any atom is -0.299 e. The Balaban J connectivity index is 1.92. The Kier molecular flexibility index (Phi) is 3.47. The van der Waals surface area contributed by atoms with Gasteiger partial charge in [-0.15, -0.1) is 0 Å². The molecule has 1 saturated carbocycles. The predicted molar refractivity (Wildman–Crippen MR) is 85.0 cm³/mol. The minimum absolute atomic E-state index is 0.485. The van der Waals surface area contributed by atoms with Crippen LogP contribution in [0.4, 0.5) is 0 Å². The van der Waals surface area contributed by atoms with Gasteiger partial charge in [0.1, 0.15) is 0 Å². The maximum atomic E-state index is 6.42. The first-order chi connectivity index (χ1) is 9.51. The van der Waals surface area contributed by atoms with E-state index >= 15 is 0 Å². The molecule has 1 aromatic heterocycles. The number of rotatable bonds is 4. The van der Waals surface area contributed by atoms with Gasteiger partial charge in [-0.3, -0.25) is 9.88 Å². The van der Waals surface area contributed by atoms with E-state index in [9.17, 15) is 0 Å². The van der Waals surface area contributed by atoms with E-state index in [0.717, 1.165) is 28.0 Å². The van der Waals surface area contributed by atoms with Crippen molar-refractivity contribution in [1.29, 1.82) is 0 Å². The van der Waals surface area contributed by atoms with E-state index in [1.165, 1.54) is 12.8 Å². The average molecular weight is 289 g/mol. The molecule has 1 fully saturated rings. The van der Waals surface area contributed by atoms with Gasteiger partial charge in [-0.1, -0.05) is 30.7 Å². The minimum atomic E-state index is 0.485. The molecule has 2 aromatic rings. The van der Waals surface area contributed by atoms with Gasteiger partial charge in [-0.05, 0) is 44.4 Å². The molecule has 1 aliphatic rings. The molecule has 0 spiro atoms. The van der Waals surface area contributed by atoms with Crippen LogP contribution in [0.1, 0.15) is 32.3 Å². The highest BCUT2D eigenvalue weighted by atomic mass is 35.5. The van der Waals surface area contributed by atoms with Gasteiger partial charge in [0.2, 0.25) is 0 Å². The van der Waals surface area contributed by atoms with E-state index < -0.39 is 0 Å². The second-order valence-corrected chi connectivity index (χ2v) is 6.75. The van der Waals surface area contributed by atoms with Crippen molar-refractivity contribution >= 4 is 22.5 Å². The van der Waals surface area contributed by atoms with Crippen LogP contribution in [0.2, 0.25) is 5.02 Å². The summed E-state index contributed by atoms with van der Waals surface area (Å²) in [5, 5.41) is 1.97. The summed E-state index contributed by atoms with van der Waals surface area (Å²) in [6, 6.07) is 8.65. The van der Waals surface area contributed by atoms with Gasteiger partial charge < -0.3 is 0 Å². The molecule has 0 saturated heterocycles. The van der Waals surface area contributed by atoms with Crippen molar-refractivity contribution in [2.45, 2.75) is 39.3 Å². The quantitative estimate of drug-likeness (QED) is 0.823. The first-order valence-electron chi connectivity index (χ1n) is 7.24. The van der Waals surface area contributed by atoms with E-state index in [-0.39, 0.29) is 0 Å². The number of benzene rings is 1. The average Bonchev–Trinajstić information content (AvgIpc) is 3.20. The summed E-state index contributed by atoms with van der Waals surface area (Å²) in [5.41, 5.74) is 2.66. The molecule has 0 amide bonds. The highest BCUT2D eigenvalue weighted by Crippen LogP contribution is 2.49. The lowest BCUT2D eigenvalue weighted by atomic mass is 9.98. The lowest BCUT2D eigenvalue weighted by Gasteiger charge is -2.30. The molecule has 1 aromatic carbocycles. The Morgan fingerprint density at radius 3 is 2.80 bits per heavy atom. The summed E-state index contributed by atoms with van der Waals surface area (Å²) in [7, 11) is 2.19. The first-order valence-corrected chi connectivity index (χ1v) is 7.61. The number of pyridine rings is 1. The molecule has 1 aliphatic carbocycles. The van der Waals surface area contributed by atoms with Crippen LogP contribution in [0.5, 0.6) is 0 Å². The van der Waals surface area contributed by atoms with Gasteiger partial charge in [-0.2, -0.15) is 0 Å². The van der Waals surface area contributed by atoms with Crippen LogP contribution in [0.3, 0.4) is 0 Å². The third kappa shape index (κ3) is 2.43. The zero-order valence-corrected chi connectivity index (χ0v) is 13.1. The van der Waals surface area contributed by atoms with Crippen molar-refractivity contribution in [1.82, 2.24) is 9.88 Å². The van der Waals surface area contributed by atoms with Crippen LogP contribution in [0.25, 0.3) is 10.9 Å². The Labute approximate surface area is 125 Å². The first kappa shape index (κ1) is 13.8. The predicted octanol–water partition coefficient (Wildman–Crippen LogP) is 4.51. The lowest BCUT2D eigenvalue weighted by molar-refractivity contribution is 0.179. The van der Waals surface area contributed by atoms with Crippen LogP contribution in [0, 0.1) is 5.41 Å². The van der Waals surface area contributed by atoms with Crippen LogP contribution in [-0.2, 0) is 6.54 Å². The SMILES string of the molecule is CC(N(C)Cc1c(Cl)ccc2cccnc12)C1(C)CC1. The van der Waals surface area contributed by atoms with Gasteiger partial charge in [0.15, 0.2) is 0 Å². The topological polar surface area (TPSA) is 16.1 Å². The van der Waals surface area contributed by atoms with Crippen LogP contribution in [-0.4, -0.2) is 23.0 Å². The van der Waals surface area contributed by atoms with E-state index in [1.807, 2.05) is 24.4 Å². The fraction of sp³-hybridized carbons (Fsp3) is 0.471. The standard InChI is InChI=1S/C17H21ClN2/c1-12(17(2)8-9-17)20(3)11-14-15(18)7-6-13-5-4-10-19-16(13)14/h4-7,10,12H,8-9,11H2,1-3H3. The lowest BCUT2D eigenvalue weighted by Crippen LogP contribution is -2.35. The zero-order valence-electron chi connectivity index (χ0n) is 12.4. The normalized spacial score (nSPS) is 18.4. The summed E-state index contributed by atoms with van der Waals surface area (Å²) < 4.78 is 0. The summed E-state index contributed by atoms with van der Waals surface area (Å²) in [5.74, 6) is 0. The molecule has 0 aliphatic heterocycles. The van der Waals surface area contributed by atoms with Crippen LogP contribution < -0.4 is 0 Å². The van der Waals surface area contributed by atoms with Crippen molar-refractivity contribution < 1.29 is 0 Å². The summed E-state index contributed by atoms with van der Waals surface area (Å²) >= 11 is 6.42. The van der Waals surface area contributed by atoms with Crippen molar-refractivity contribution in [3.63, 3.8) is 0 Å². The Hall–Kier alpha value is -1.12. The number of hydrogen-bond acceptors (Lipinski definition) is 2. The molecule has 3 rings (SSSR count). The van der Waals surface area contributed by atoms with Crippen LogP contribution >= 0.6 is 11.6 Å². The summed E-state index contributed by atoms with van der Waals surface area (Å²) in [4.78, 5) is 6.93. The largest absolute Gasteiger partial charge is 0.299 e. The van der Waals surface area contributed by atoms with Crippen molar-refractivity contribution in [3.05, 3.63) is 41.0 Å². The smallest absolute Gasteiger partial charge is 0.0761 e. The van der Waals surface area contributed by atoms with Crippen LogP contribution in [0.15, 0.2) is 30.5 Å². The maximum Gasteiger partial charge on any atom is 0.0761 e. The molecule has 106 valence electrons. The van der Waals surface area contributed by atoms with Crippen molar-refractivity contribution in [3.8, 4) is 0 Å². The summed E-state index contributed by atoms with van der Waals surface area (Å²) in [6.45, 7) is 5.54.